The molecule has 0 aliphatic carbocycles. The number of benzene rings is 1. The Morgan fingerprint density at radius 1 is 1.08 bits per heavy atom. The summed E-state index contributed by atoms with van der Waals surface area (Å²) in [6, 6.07) is 4.69. The number of amides is 1. The first kappa shape index (κ1) is 18.8. The van der Waals surface area contributed by atoms with Gasteiger partial charge in [0.1, 0.15) is 5.82 Å². The number of carbonyl (C=O) groups is 2. The second-order valence-corrected chi connectivity index (χ2v) is 6.93. The summed E-state index contributed by atoms with van der Waals surface area (Å²) in [6.45, 7) is 8.58. The Hall–Kier alpha value is -1.99. The molecule has 2 saturated heterocycles. The Bertz CT molecular complexity index is 653. The molecule has 26 heavy (non-hydrogen) atoms. The van der Waals surface area contributed by atoms with Crippen LogP contribution in [0.3, 0.4) is 0 Å². The zero-order valence-electron chi connectivity index (χ0n) is 15.3. The van der Waals surface area contributed by atoms with Gasteiger partial charge in [-0.15, -0.1) is 0 Å². The van der Waals surface area contributed by atoms with Crippen LogP contribution in [0.1, 0.15) is 23.7 Å². The molecule has 7 heteroatoms. The number of hydrogen-bond donors (Lipinski definition) is 1. The van der Waals surface area contributed by atoms with E-state index in [2.05, 4.69) is 10.2 Å². The van der Waals surface area contributed by atoms with E-state index in [-0.39, 0.29) is 17.5 Å². The van der Waals surface area contributed by atoms with Gasteiger partial charge < -0.3 is 15.1 Å². The maximum absolute atomic E-state index is 14.3. The number of ketones is 1. The van der Waals surface area contributed by atoms with Crippen molar-refractivity contribution in [3.05, 3.63) is 29.6 Å². The van der Waals surface area contributed by atoms with E-state index in [1.807, 2.05) is 9.80 Å². The molecule has 6 nitrogen and oxygen atoms in total. The molecule has 1 amide bonds. The lowest BCUT2D eigenvalue weighted by atomic mass is 10.1. The normalized spacial score (nSPS) is 18.8. The van der Waals surface area contributed by atoms with Crippen LogP contribution in [0.15, 0.2) is 18.2 Å². The van der Waals surface area contributed by atoms with Crippen LogP contribution < -0.4 is 10.2 Å². The number of hydrogen-bond acceptors (Lipinski definition) is 5. The number of rotatable bonds is 5. The van der Waals surface area contributed by atoms with E-state index in [1.165, 1.54) is 13.0 Å². The van der Waals surface area contributed by atoms with Crippen molar-refractivity contribution in [3.8, 4) is 0 Å². The van der Waals surface area contributed by atoms with Gasteiger partial charge in [-0.25, -0.2) is 4.39 Å². The molecule has 1 aromatic carbocycles. The van der Waals surface area contributed by atoms with E-state index >= 15 is 0 Å². The lowest BCUT2D eigenvalue weighted by molar-refractivity contribution is -0.132. The topological polar surface area (TPSA) is 55.9 Å². The largest absolute Gasteiger partial charge is 0.367 e. The summed E-state index contributed by atoms with van der Waals surface area (Å²) in [7, 11) is 0. The summed E-state index contributed by atoms with van der Waals surface area (Å²) in [4.78, 5) is 29.8. The van der Waals surface area contributed by atoms with Crippen LogP contribution in [0.4, 0.5) is 10.1 Å². The number of anilines is 1. The minimum atomic E-state index is -0.347. The van der Waals surface area contributed by atoms with Crippen molar-refractivity contribution in [2.75, 3.05) is 63.8 Å². The zero-order valence-corrected chi connectivity index (χ0v) is 15.3. The number of halogens is 1. The highest BCUT2D eigenvalue weighted by molar-refractivity contribution is 5.94. The smallest absolute Gasteiger partial charge is 0.223 e. The van der Waals surface area contributed by atoms with Gasteiger partial charge in [0.15, 0.2) is 5.78 Å². The minimum Gasteiger partial charge on any atom is -0.367 e. The second kappa shape index (κ2) is 8.60. The van der Waals surface area contributed by atoms with Crippen LogP contribution in [-0.2, 0) is 4.79 Å². The van der Waals surface area contributed by atoms with Crippen molar-refractivity contribution in [2.45, 2.75) is 13.3 Å². The number of carbonyl (C=O) groups excluding carboxylic acids is 2. The lowest BCUT2D eigenvalue weighted by Gasteiger charge is -2.36. The molecule has 0 atom stereocenters. The highest BCUT2D eigenvalue weighted by Crippen LogP contribution is 2.22. The molecule has 0 saturated carbocycles. The predicted molar refractivity (Wildman–Crippen MR) is 99.1 cm³/mol. The Morgan fingerprint density at radius 2 is 1.77 bits per heavy atom. The van der Waals surface area contributed by atoms with Crippen molar-refractivity contribution in [3.63, 3.8) is 0 Å². The van der Waals surface area contributed by atoms with Crippen LogP contribution in [0.5, 0.6) is 0 Å². The van der Waals surface area contributed by atoms with Gasteiger partial charge in [0.25, 0.3) is 0 Å². The van der Waals surface area contributed by atoms with E-state index < -0.39 is 0 Å². The Labute approximate surface area is 153 Å². The number of piperazine rings is 2. The standard InChI is InChI=1S/C19H27FN4O2/c1-15(25)16-2-3-18(17(20)14-16)23-12-10-22(11-13-23)7-4-19(26)24-8-5-21-6-9-24/h2-3,14,21H,4-13H2,1H3. The highest BCUT2D eigenvalue weighted by Gasteiger charge is 2.22. The van der Waals surface area contributed by atoms with Crippen LogP contribution in [-0.4, -0.2) is 80.4 Å². The van der Waals surface area contributed by atoms with Gasteiger partial charge in [0, 0.05) is 70.9 Å². The third kappa shape index (κ3) is 4.59. The lowest BCUT2D eigenvalue weighted by Crippen LogP contribution is -2.49. The van der Waals surface area contributed by atoms with E-state index in [1.54, 1.807) is 12.1 Å². The summed E-state index contributed by atoms with van der Waals surface area (Å²) >= 11 is 0. The molecular weight excluding hydrogens is 335 g/mol. The van der Waals surface area contributed by atoms with Gasteiger partial charge >= 0.3 is 0 Å². The summed E-state index contributed by atoms with van der Waals surface area (Å²) in [5.41, 5.74) is 0.947. The Balaban J connectivity index is 1.47. The number of nitrogens with zero attached hydrogens (tertiary/aromatic N) is 3. The molecule has 0 aromatic heterocycles. The van der Waals surface area contributed by atoms with Crippen LogP contribution in [0, 0.1) is 5.82 Å². The molecule has 0 bridgehead atoms. The first-order valence-corrected chi connectivity index (χ1v) is 9.31. The van der Waals surface area contributed by atoms with Crippen LogP contribution >= 0.6 is 0 Å². The van der Waals surface area contributed by atoms with Crippen molar-refractivity contribution >= 4 is 17.4 Å². The fourth-order valence-corrected chi connectivity index (χ4v) is 3.52. The molecule has 1 aromatic rings. The number of nitrogens with one attached hydrogen (secondary N) is 1. The van der Waals surface area contributed by atoms with Crippen molar-refractivity contribution in [1.29, 1.82) is 0 Å². The highest BCUT2D eigenvalue weighted by atomic mass is 19.1. The van der Waals surface area contributed by atoms with Gasteiger partial charge in [-0.1, -0.05) is 0 Å². The molecule has 2 heterocycles. The minimum absolute atomic E-state index is 0.130. The predicted octanol–water partition coefficient (Wildman–Crippen LogP) is 0.972. The van der Waals surface area contributed by atoms with Crippen LogP contribution in [0.2, 0.25) is 0 Å². The first-order chi connectivity index (χ1) is 12.5. The third-order valence-electron chi connectivity index (χ3n) is 5.18. The maximum Gasteiger partial charge on any atom is 0.223 e. The summed E-state index contributed by atoms with van der Waals surface area (Å²) < 4.78 is 14.3. The average molecular weight is 362 g/mol. The maximum atomic E-state index is 14.3. The van der Waals surface area contributed by atoms with Crippen molar-refractivity contribution in [1.82, 2.24) is 15.1 Å². The molecule has 2 fully saturated rings. The van der Waals surface area contributed by atoms with E-state index in [4.69, 9.17) is 0 Å². The van der Waals surface area contributed by atoms with Gasteiger partial charge in [0.05, 0.1) is 5.69 Å². The summed E-state index contributed by atoms with van der Waals surface area (Å²) in [6.07, 6.45) is 0.543. The average Bonchev–Trinajstić information content (AvgIpc) is 2.67. The molecule has 2 aliphatic heterocycles. The Kier molecular flexibility index (Phi) is 6.21. The van der Waals surface area contributed by atoms with E-state index in [0.717, 1.165) is 58.9 Å². The molecule has 3 rings (SSSR count). The van der Waals surface area contributed by atoms with Gasteiger partial charge in [0.2, 0.25) is 5.91 Å². The SMILES string of the molecule is CC(=O)c1ccc(N2CCN(CCC(=O)N3CCNCC3)CC2)c(F)c1. The molecule has 142 valence electrons. The monoisotopic (exact) mass is 362 g/mol. The summed E-state index contributed by atoms with van der Waals surface area (Å²) in [5.74, 6) is -0.255. The molecule has 0 unspecified atom stereocenters. The molecular formula is C19H27FN4O2. The zero-order chi connectivity index (χ0) is 18.5. The fraction of sp³-hybridized carbons (Fsp3) is 0.579. The van der Waals surface area contributed by atoms with Gasteiger partial charge in [-0.3, -0.25) is 14.5 Å². The van der Waals surface area contributed by atoms with E-state index in [9.17, 15) is 14.0 Å². The van der Waals surface area contributed by atoms with Crippen molar-refractivity contribution < 1.29 is 14.0 Å². The molecule has 1 N–H and O–H groups in total. The Morgan fingerprint density at radius 3 is 2.38 bits per heavy atom. The third-order valence-corrected chi connectivity index (χ3v) is 5.18. The molecule has 2 aliphatic rings. The van der Waals surface area contributed by atoms with Crippen molar-refractivity contribution in [2.24, 2.45) is 0 Å². The fourth-order valence-electron chi connectivity index (χ4n) is 3.52. The van der Waals surface area contributed by atoms with E-state index in [0.29, 0.717) is 17.7 Å². The molecule has 0 spiro atoms. The summed E-state index contributed by atoms with van der Waals surface area (Å²) in [5, 5.41) is 3.25. The second-order valence-electron chi connectivity index (χ2n) is 6.93. The molecule has 0 radical (unpaired) electrons. The first-order valence-electron chi connectivity index (χ1n) is 9.31. The quantitative estimate of drug-likeness (QED) is 0.791. The van der Waals surface area contributed by atoms with Crippen LogP contribution in [0.25, 0.3) is 0 Å². The van der Waals surface area contributed by atoms with Gasteiger partial charge in [-0.05, 0) is 25.1 Å². The van der Waals surface area contributed by atoms with Gasteiger partial charge in [-0.2, -0.15) is 0 Å². The number of Topliss-reactive ketones (excluding diaryl/α,β-unsaturated/α-hetero) is 1.